The molecule has 0 aliphatic heterocycles. The number of para-hydroxylation sites is 1. The molecule has 0 bridgehead atoms. The van der Waals surface area contributed by atoms with E-state index in [0.717, 1.165) is 22.2 Å². The lowest BCUT2D eigenvalue weighted by molar-refractivity contribution is 0.129. The molecule has 0 unspecified atom stereocenters. The molecule has 1 aromatic heterocycles. The molecular weight excluding hydrogens is 262 g/mol. The molecule has 1 heterocycles. The Bertz CT molecular complexity index is 769. The average Bonchev–Trinajstić information content (AvgIpc) is 2.53. The maximum absolute atomic E-state index is 5.92. The number of hydrogen-bond acceptors (Lipinski definition) is 4. The Morgan fingerprint density at radius 3 is 2.71 bits per heavy atom. The summed E-state index contributed by atoms with van der Waals surface area (Å²) >= 11 is 0. The summed E-state index contributed by atoms with van der Waals surface area (Å²) in [5.74, 6) is 0. The van der Waals surface area contributed by atoms with Crippen LogP contribution in [0, 0.1) is 0 Å². The van der Waals surface area contributed by atoms with Crippen LogP contribution in [0.3, 0.4) is 0 Å². The lowest BCUT2D eigenvalue weighted by atomic mass is 10.2. The fourth-order valence-electron chi connectivity index (χ4n) is 2.03. The standard InChI is InChI=1S/C17H15N3O/c18-16-8-4-7-14-9-10-15(20-17(14)16)12-21-19-11-13-5-2-1-3-6-13/h1-11H,12,18H2. The number of nitrogen functional groups attached to an aromatic ring is 1. The molecule has 4 nitrogen and oxygen atoms in total. The molecule has 0 spiro atoms. The van der Waals surface area contributed by atoms with E-state index in [1.54, 1.807) is 6.21 Å². The molecule has 2 N–H and O–H groups in total. The van der Waals surface area contributed by atoms with E-state index in [9.17, 15) is 0 Å². The third kappa shape index (κ3) is 3.17. The topological polar surface area (TPSA) is 60.5 Å². The number of benzene rings is 2. The molecule has 0 saturated carbocycles. The van der Waals surface area contributed by atoms with Gasteiger partial charge in [0.15, 0.2) is 6.61 Å². The molecule has 0 radical (unpaired) electrons. The van der Waals surface area contributed by atoms with E-state index < -0.39 is 0 Å². The molecule has 2 aromatic carbocycles. The molecule has 0 aliphatic rings. The zero-order valence-electron chi connectivity index (χ0n) is 11.4. The van der Waals surface area contributed by atoms with Crippen LogP contribution >= 0.6 is 0 Å². The summed E-state index contributed by atoms with van der Waals surface area (Å²) < 4.78 is 0. The number of nitrogens with two attached hydrogens (primary N) is 1. The number of aromatic nitrogens is 1. The van der Waals surface area contributed by atoms with Gasteiger partial charge in [-0.2, -0.15) is 0 Å². The van der Waals surface area contributed by atoms with Crippen molar-refractivity contribution in [2.75, 3.05) is 5.73 Å². The Balaban J connectivity index is 1.68. The highest BCUT2D eigenvalue weighted by Crippen LogP contribution is 2.19. The van der Waals surface area contributed by atoms with Gasteiger partial charge in [-0.15, -0.1) is 0 Å². The summed E-state index contributed by atoms with van der Waals surface area (Å²) in [4.78, 5) is 9.77. The van der Waals surface area contributed by atoms with Gasteiger partial charge in [0.25, 0.3) is 0 Å². The number of rotatable bonds is 4. The molecule has 3 aromatic rings. The van der Waals surface area contributed by atoms with Gasteiger partial charge in [-0.05, 0) is 17.7 Å². The van der Waals surface area contributed by atoms with Crippen molar-refractivity contribution in [1.82, 2.24) is 4.98 Å². The van der Waals surface area contributed by atoms with Gasteiger partial charge in [-0.25, -0.2) is 4.98 Å². The third-order valence-corrected chi connectivity index (χ3v) is 3.10. The highest BCUT2D eigenvalue weighted by Gasteiger charge is 2.01. The average molecular weight is 277 g/mol. The maximum atomic E-state index is 5.92. The quantitative estimate of drug-likeness (QED) is 0.452. The van der Waals surface area contributed by atoms with E-state index in [0.29, 0.717) is 12.3 Å². The molecular formula is C17H15N3O. The van der Waals surface area contributed by atoms with Crippen LogP contribution in [0.4, 0.5) is 5.69 Å². The highest BCUT2D eigenvalue weighted by atomic mass is 16.6. The zero-order chi connectivity index (χ0) is 14.5. The highest BCUT2D eigenvalue weighted by molar-refractivity contribution is 5.89. The smallest absolute Gasteiger partial charge is 0.159 e. The van der Waals surface area contributed by atoms with Crippen LogP contribution in [0.25, 0.3) is 10.9 Å². The van der Waals surface area contributed by atoms with Crippen molar-refractivity contribution < 1.29 is 4.84 Å². The van der Waals surface area contributed by atoms with Crippen LogP contribution in [0.5, 0.6) is 0 Å². The first kappa shape index (κ1) is 13.1. The van der Waals surface area contributed by atoms with Crippen molar-refractivity contribution in [3.63, 3.8) is 0 Å². The van der Waals surface area contributed by atoms with Crippen LogP contribution in [-0.2, 0) is 11.4 Å². The Kier molecular flexibility index (Phi) is 3.78. The van der Waals surface area contributed by atoms with Crippen molar-refractivity contribution in [3.05, 3.63) is 71.9 Å². The molecule has 21 heavy (non-hydrogen) atoms. The van der Waals surface area contributed by atoms with E-state index in [4.69, 9.17) is 10.6 Å². The van der Waals surface area contributed by atoms with Gasteiger partial charge in [0.2, 0.25) is 0 Å². The molecule has 0 aliphatic carbocycles. The Labute approximate surface area is 122 Å². The lowest BCUT2D eigenvalue weighted by Crippen LogP contribution is -1.95. The second-order valence-corrected chi connectivity index (χ2v) is 4.64. The maximum Gasteiger partial charge on any atom is 0.159 e. The summed E-state index contributed by atoms with van der Waals surface area (Å²) in [6, 6.07) is 19.4. The number of fused-ring (bicyclic) bond motifs is 1. The molecule has 0 amide bonds. The third-order valence-electron chi connectivity index (χ3n) is 3.10. The van der Waals surface area contributed by atoms with Gasteiger partial charge in [0, 0.05) is 5.39 Å². The number of oxime groups is 1. The van der Waals surface area contributed by atoms with Crippen molar-refractivity contribution in [2.45, 2.75) is 6.61 Å². The first-order chi connectivity index (χ1) is 10.3. The molecule has 104 valence electrons. The molecule has 4 heteroatoms. The molecule has 0 atom stereocenters. The van der Waals surface area contributed by atoms with Crippen LogP contribution in [0.15, 0.2) is 65.8 Å². The van der Waals surface area contributed by atoms with Gasteiger partial charge in [0.05, 0.1) is 23.1 Å². The number of hydrogen-bond donors (Lipinski definition) is 1. The monoisotopic (exact) mass is 277 g/mol. The van der Waals surface area contributed by atoms with Gasteiger partial charge in [0.1, 0.15) is 0 Å². The fraction of sp³-hybridized carbons (Fsp3) is 0.0588. The Morgan fingerprint density at radius 1 is 1.00 bits per heavy atom. The second-order valence-electron chi connectivity index (χ2n) is 4.64. The predicted octanol–water partition coefficient (Wildman–Crippen LogP) is 3.37. The minimum Gasteiger partial charge on any atom is -0.397 e. The zero-order valence-corrected chi connectivity index (χ0v) is 11.4. The van der Waals surface area contributed by atoms with Crippen LogP contribution < -0.4 is 5.73 Å². The minimum atomic E-state index is 0.313. The van der Waals surface area contributed by atoms with Crippen molar-refractivity contribution in [1.29, 1.82) is 0 Å². The van der Waals surface area contributed by atoms with Crippen LogP contribution in [0.2, 0.25) is 0 Å². The molecule has 0 saturated heterocycles. The summed E-state index contributed by atoms with van der Waals surface area (Å²) in [5.41, 5.74) is 9.18. The largest absolute Gasteiger partial charge is 0.397 e. The first-order valence-corrected chi connectivity index (χ1v) is 6.67. The second kappa shape index (κ2) is 6.05. The van der Waals surface area contributed by atoms with Crippen LogP contribution in [0.1, 0.15) is 11.3 Å². The van der Waals surface area contributed by atoms with Gasteiger partial charge in [-0.3, -0.25) is 0 Å². The van der Waals surface area contributed by atoms with E-state index >= 15 is 0 Å². The predicted molar refractivity (Wildman–Crippen MR) is 85.0 cm³/mol. The van der Waals surface area contributed by atoms with Crippen molar-refractivity contribution in [2.24, 2.45) is 5.16 Å². The lowest BCUT2D eigenvalue weighted by Gasteiger charge is -2.04. The summed E-state index contributed by atoms with van der Waals surface area (Å²) in [7, 11) is 0. The van der Waals surface area contributed by atoms with Gasteiger partial charge >= 0.3 is 0 Å². The van der Waals surface area contributed by atoms with Gasteiger partial charge < -0.3 is 10.6 Å². The summed E-state index contributed by atoms with van der Waals surface area (Å²) in [6.07, 6.45) is 1.68. The number of nitrogens with zero attached hydrogens (tertiary/aromatic N) is 2. The van der Waals surface area contributed by atoms with Crippen molar-refractivity contribution in [3.8, 4) is 0 Å². The normalized spacial score (nSPS) is 11.0. The van der Waals surface area contributed by atoms with E-state index in [1.165, 1.54) is 0 Å². The number of anilines is 1. The Morgan fingerprint density at radius 2 is 1.86 bits per heavy atom. The Hall–Kier alpha value is -2.88. The van der Waals surface area contributed by atoms with E-state index in [2.05, 4.69) is 10.1 Å². The van der Waals surface area contributed by atoms with Crippen molar-refractivity contribution >= 4 is 22.8 Å². The first-order valence-electron chi connectivity index (χ1n) is 6.67. The summed E-state index contributed by atoms with van der Waals surface area (Å²) in [5, 5.41) is 4.96. The van der Waals surface area contributed by atoms with E-state index in [1.807, 2.05) is 60.7 Å². The summed E-state index contributed by atoms with van der Waals surface area (Å²) in [6.45, 7) is 0.313. The fourth-order valence-corrected chi connectivity index (χ4v) is 2.03. The molecule has 0 fully saturated rings. The molecule has 3 rings (SSSR count). The number of pyridine rings is 1. The van der Waals surface area contributed by atoms with Crippen LogP contribution in [-0.4, -0.2) is 11.2 Å². The van der Waals surface area contributed by atoms with E-state index in [-0.39, 0.29) is 0 Å². The minimum absolute atomic E-state index is 0.313. The van der Waals surface area contributed by atoms with Gasteiger partial charge in [-0.1, -0.05) is 53.7 Å². The SMILES string of the molecule is Nc1cccc2ccc(CON=Cc3ccccc3)nc12.